The first-order valence-corrected chi connectivity index (χ1v) is 6.00. The minimum atomic E-state index is 0.830. The van der Waals surface area contributed by atoms with E-state index in [0.29, 0.717) is 0 Å². The molecule has 0 aliphatic heterocycles. The molecular weight excluding hydrogens is 240 g/mol. The molecule has 0 N–H and O–H groups in total. The van der Waals surface area contributed by atoms with Crippen molar-refractivity contribution < 1.29 is 4.74 Å². The van der Waals surface area contributed by atoms with Crippen molar-refractivity contribution in [2.24, 2.45) is 0 Å². The Morgan fingerprint density at radius 1 is 1.21 bits per heavy atom. The van der Waals surface area contributed by atoms with Gasteiger partial charge >= 0.3 is 0 Å². The van der Waals surface area contributed by atoms with Crippen LogP contribution in [0.5, 0.6) is 5.75 Å². The molecule has 1 rings (SSSR count). The maximum atomic E-state index is 5.60. The SMILES string of the molecule is CCCCCCOc1cccc(Br)c1. The minimum Gasteiger partial charge on any atom is -0.494 e. The molecule has 14 heavy (non-hydrogen) atoms. The van der Waals surface area contributed by atoms with Crippen molar-refractivity contribution in [1.29, 1.82) is 0 Å². The molecule has 0 atom stereocenters. The van der Waals surface area contributed by atoms with Crippen LogP contribution in [0.3, 0.4) is 0 Å². The Bertz CT molecular complexity index is 260. The van der Waals surface area contributed by atoms with Crippen LogP contribution in [0, 0.1) is 0 Å². The molecule has 2 heteroatoms. The van der Waals surface area contributed by atoms with E-state index in [1.54, 1.807) is 0 Å². The van der Waals surface area contributed by atoms with E-state index >= 15 is 0 Å². The fourth-order valence-corrected chi connectivity index (χ4v) is 1.65. The first kappa shape index (κ1) is 11.6. The Morgan fingerprint density at radius 2 is 2.07 bits per heavy atom. The van der Waals surface area contributed by atoms with E-state index < -0.39 is 0 Å². The van der Waals surface area contributed by atoms with E-state index in [1.165, 1.54) is 19.3 Å². The fraction of sp³-hybridized carbons (Fsp3) is 0.500. The van der Waals surface area contributed by atoms with E-state index in [-0.39, 0.29) is 0 Å². The molecule has 0 spiro atoms. The first-order valence-electron chi connectivity index (χ1n) is 5.21. The van der Waals surface area contributed by atoms with Gasteiger partial charge in [-0.2, -0.15) is 0 Å². The predicted octanol–water partition coefficient (Wildman–Crippen LogP) is 4.41. The number of benzene rings is 1. The van der Waals surface area contributed by atoms with Gasteiger partial charge in [0.05, 0.1) is 6.61 Å². The molecule has 0 fully saturated rings. The van der Waals surface area contributed by atoms with Crippen molar-refractivity contribution in [1.82, 2.24) is 0 Å². The van der Waals surface area contributed by atoms with Gasteiger partial charge in [-0.25, -0.2) is 0 Å². The number of ether oxygens (including phenoxy) is 1. The highest BCUT2D eigenvalue weighted by Crippen LogP contribution is 2.17. The summed E-state index contributed by atoms with van der Waals surface area (Å²) in [5, 5.41) is 0. The van der Waals surface area contributed by atoms with Crippen LogP contribution in [0.2, 0.25) is 0 Å². The summed E-state index contributed by atoms with van der Waals surface area (Å²) >= 11 is 3.42. The Labute approximate surface area is 94.6 Å². The monoisotopic (exact) mass is 256 g/mol. The molecule has 0 saturated heterocycles. The van der Waals surface area contributed by atoms with Gasteiger partial charge in [0.2, 0.25) is 0 Å². The van der Waals surface area contributed by atoms with Gasteiger partial charge in [-0.05, 0) is 24.6 Å². The molecule has 78 valence electrons. The Morgan fingerprint density at radius 3 is 2.79 bits per heavy atom. The molecule has 0 bridgehead atoms. The number of unbranched alkanes of at least 4 members (excludes halogenated alkanes) is 3. The normalized spacial score (nSPS) is 10.1. The van der Waals surface area contributed by atoms with Gasteiger partial charge in [0, 0.05) is 4.47 Å². The summed E-state index contributed by atoms with van der Waals surface area (Å²) in [6.07, 6.45) is 5.00. The second-order valence-corrected chi connectivity index (χ2v) is 4.28. The average Bonchev–Trinajstić information content (AvgIpc) is 2.18. The zero-order valence-electron chi connectivity index (χ0n) is 8.63. The predicted molar refractivity (Wildman–Crippen MR) is 63.8 cm³/mol. The topological polar surface area (TPSA) is 9.23 Å². The zero-order chi connectivity index (χ0) is 10.2. The summed E-state index contributed by atoms with van der Waals surface area (Å²) in [5.41, 5.74) is 0. The molecule has 0 heterocycles. The highest BCUT2D eigenvalue weighted by Gasteiger charge is 1.94. The largest absolute Gasteiger partial charge is 0.494 e. The number of rotatable bonds is 6. The highest BCUT2D eigenvalue weighted by molar-refractivity contribution is 9.10. The first-order chi connectivity index (χ1) is 6.83. The second-order valence-electron chi connectivity index (χ2n) is 3.37. The van der Waals surface area contributed by atoms with Crippen molar-refractivity contribution in [2.75, 3.05) is 6.61 Å². The van der Waals surface area contributed by atoms with Crippen molar-refractivity contribution in [3.05, 3.63) is 28.7 Å². The maximum absolute atomic E-state index is 5.60. The van der Waals surface area contributed by atoms with Gasteiger partial charge in [-0.3, -0.25) is 0 Å². The van der Waals surface area contributed by atoms with E-state index in [0.717, 1.165) is 23.2 Å². The molecule has 0 unspecified atom stereocenters. The summed E-state index contributed by atoms with van der Waals surface area (Å²) in [6.45, 7) is 3.05. The van der Waals surface area contributed by atoms with Gasteiger partial charge < -0.3 is 4.74 Å². The number of halogens is 1. The lowest BCUT2D eigenvalue weighted by atomic mass is 10.2. The van der Waals surface area contributed by atoms with Crippen LogP contribution in [-0.4, -0.2) is 6.61 Å². The molecule has 0 aliphatic carbocycles. The quantitative estimate of drug-likeness (QED) is 0.686. The van der Waals surface area contributed by atoms with E-state index in [2.05, 4.69) is 22.9 Å². The van der Waals surface area contributed by atoms with Crippen molar-refractivity contribution in [2.45, 2.75) is 32.6 Å². The lowest BCUT2D eigenvalue weighted by Gasteiger charge is -2.05. The van der Waals surface area contributed by atoms with Crippen molar-refractivity contribution in [3.8, 4) is 5.75 Å². The third-order valence-corrected chi connectivity index (χ3v) is 2.56. The van der Waals surface area contributed by atoms with Crippen LogP contribution < -0.4 is 4.74 Å². The van der Waals surface area contributed by atoms with Crippen molar-refractivity contribution >= 4 is 15.9 Å². The van der Waals surface area contributed by atoms with Crippen LogP contribution in [0.4, 0.5) is 0 Å². The molecule has 0 radical (unpaired) electrons. The number of hydrogen-bond donors (Lipinski definition) is 0. The Hall–Kier alpha value is -0.500. The summed E-state index contributed by atoms with van der Waals surface area (Å²) in [7, 11) is 0. The zero-order valence-corrected chi connectivity index (χ0v) is 10.2. The van der Waals surface area contributed by atoms with Crippen LogP contribution in [0.1, 0.15) is 32.6 Å². The average molecular weight is 257 g/mol. The third kappa shape index (κ3) is 4.66. The van der Waals surface area contributed by atoms with Gasteiger partial charge in [-0.1, -0.05) is 48.2 Å². The summed E-state index contributed by atoms with van der Waals surface area (Å²) in [5.74, 6) is 0.955. The number of hydrogen-bond acceptors (Lipinski definition) is 1. The van der Waals surface area contributed by atoms with Crippen LogP contribution in [0.15, 0.2) is 28.7 Å². The Balaban J connectivity index is 2.18. The van der Waals surface area contributed by atoms with E-state index in [4.69, 9.17) is 4.74 Å². The lowest BCUT2D eigenvalue weighted by molar-refractivity contribution is 0.305. The maximum Gasteiger partial charge on any atom is 0.120 e. The lowest BCUT2D eigenvalue weighted by Crippen LogP contribution is -1.96. The molecule has 0 aromatic heterocycles. The molecule has 1 aromatic carbocycles. The molecule has 1 nitrogen and oxygen atoms in total. The van der Waals surface area contributed by atoms with Gasteiger partial charge in [0.25, 0.3) is 0 Å². The molecule has 0 saturated carbocycles. The van der Waals surface area contributed by atoms with Crippen LogP contribution >= 0.6 is 15.9 Å². The van der Waals surface area contributed by atoms with E-state index in [1.807, 2.05) is 24.3 Å². The molecular formula is C12H17BrO. The smallest absolute Gasteiger partial charge is 0.120 e. The highest BCUT2D eigenvalue weighted by atomic mass is 79.9. The molecule has 1 aromatic rings. The summed E-state index contributed by atoms with van der Waals surface area (Å²) < 4.78 is 6.68. The van der Waals surface area contributed by atoms with Gasteiger partial charge in [0.15, 0.2) is 0 Å². The fourth-order valence-electron chi connectivity index (χ4n) is 1.28. The third-order valence-electron chi connectivity index (χ3n) is 2.06. The van der Waals surface area contributed by atoms with Gasteiger partial charge in [-0.15, -0.1) is 0 Å². The minimum absolute atomic E-state index is 0.830. The summed E-state index contributed by atoms with van der Waals surface area (Å²) in [6, 6.07) is 7.99. The summed E-state index contributed by atoms with van der Waals surface area (Å²) in [4.78, 5) is 0. The van der Waals surface area contributed by atoms with E-state index in [9.17, 15) is 0 Å². The Kier molecular flexibility index (Phi) is 5.69. The molecule has 0 amide bonds. The van der Waals surface area contributed by atoms with Crippen LogP contribution in [-0.2, 0) is 0 Å². The van der Waals surface area contributed by atoms with Crippen molar-refractivity contribution in [3.63, 3.8) is 0 Å². The molecule has 0 aliphatic rings. The standard InChI is InChI=1S/C12H17BrO/c1-2-3-4-5-9-14-12-8-6-7-11(13)10-12/h6-8,10H,2-5,9H2,1H3. The van der Waals surface area contributed by atoms with Crippen LogP contribution in [0.25, 0.3) is 0 Å². The second kappa shape index (κ2) is 6.88. The van der Waals surface area contributed by atoms with Gasteiger partial charge in [0.1, 0.15) is 5.75 Å².